The average Bonchev–Trinajstić information content (AvgIpc) is 2.19. The Kier molecular flexibility index (Phi) is 4.55. The number of thioether (sulfide) groups is 1. The Balaban J connectivity index is 2.18. The second-order valence-corrected chi connectivity index (χ2v) is 4.01. The molecule has 0 bridgehead atoms. The predicted molar refractivity (Wildman–Crippen MR) is 55.7 cm³/mol. The van der Waals surface area contributed by atoms with Crippen LogP contribution in [-0.2, 0) is 0 Å². The van der Waals surface area contributed by atoms with Gasteiger partial charge in [0.2, 0.25) is 0 Å². The van der Waals surface area contributed by atoms with Gasteiger partial charge in [-0.25, -0.2) is 4.79 Å². The molecule has 13 heavy (non-hydrogen) atoms. The van der Waals surface area contributed by atoms with Crippen LogP contribution in [0.25, 0.3) is 0 Å². The molecule has 0 aromatic carbocycles. The number of hydrogen-bond acceptors (Lipinski definition) is 2. The third-order valence-electron chi connectivity index (χ3n) is 1.84. The molecule has 0 unspecified atom stereocenters. The minimum atomic E-state index is 0.0237. The Morgan fingerprint density at radius 1 is 1.54 bits per heavy atom. The number of urea groups is 1. The third-order valence-corrected chi connectivity index (χ3v) is 2.79. The summed E-state index contributed by atoms with van der Waals surface area (Å²) in [5.41, 5.74) is 0. The fourth-order valence-corrected chi connectivity index (χ4v) is 2.02. The Morgan fingerprint density at radius 2 is 2.23 bits per heavy atom. The predicted octanol–water partition coefficient (Wildman–Crippen LogP) is 0.768. The molecule has 4 heteroatoms. The number of amides is 2. The zero-order valence-electron chi connectivity index (χ0n) is 7.58. The van der Waals surface area contributed by atoms with Crippen molar-refractivity contribution in [3.8, 4) is 12.3 Å². The number of carbonyl (C=O) groups is 1. The molecule has 1 rings (SSSR count). The van der Waals surface area contributed by atoms with Gasteiger partial charge in [-0.1, -0.05) is 0 Å². The zero-order chi connectivity index (χ0) is 9.52. The van der Waals surface area contributed by atoms with Crippen molar-refractivity contribution in [2.45, 2.75) is 6.42 Å². The van der Waals surface area contributed by atoms with E-state index in [0.717, 1.165) is 24.6 Å². The van der Waals surface area contributed by atoms with Crippen LogP contribution in [0.3, 0.4) is 0 Å². The molecule has 1 N–H and O–H groups in total. The molecular formula is C9H14N2OS. The second-order valence-electron chi connectivity index (χ2n) is 2.79. The summed E-state index contributed by atoms with van der Waals surface area (Å²) in [6.45, 7) is 2.29. The Hall–Kier alpha value is -0.820. The van der Waals surface area contributed by atoms with Crippen molar-refractivity contribution in [2.75, 3.05) is 31.1 Å². The van der Waals surface area contributed by atoms with E-state index >= 15 is 0 Å². The normalized spacial score (nSPS) is 16.4. The summed E-state index contributed by atoms with van der Waals surface area (Å²) < 4.78 is 0. The van der Waals surface area contributed by atoms with Gasteiger partial charge >= 0.3 is 6.03 Å². The van der Waals surface area contributed by atoms with E-state index in [2.05, 4.69) is 11.2 Å². The van der Waals surface area contributed by atoms with E-state index in [9.17, 15) is 4.79 Å². The smallest absolute Gasteiger partial charge is 0.317 e. The van der Waals surface area contributed by atoms with Gasteiger partial charge in [0, 0.05) is 37.6 Å². The average molecular weight is 198 g/mol. The number of carbonyl (C=O) groups excluding carboxylic acids is 1. The topological polar surface area (TPSA) is 32.3 Å². The van der Waals surface area contributed by atoms with Crippen LogP contribution in [0.4, 0.5) is 4.79 Å². The number of hydrogen-bond donors (Lipinski definition) is 1. The van der Waals surface area contributed by atoms with E-state index in [1.54, 1.807) is 0 Å². The SMILES string of the molecule is C#CCCNC(=O)N1CCSCC1. The first-order chi connectivity index (χ1) is 6.34. The van der Waals surface area contributed by atoms with E-state index in [0.29, 0.717) is 13.0 Å². The monoisotopic (exact) mass is 198 g/mol. The van der Waals surface area contributed by atoms with E-state index < -0.39 is 0 Å². The molecule has 2 amide bonds. The summed E-state index contributed by atoms with van der Waals surface area (Å²) in [7, 11) is 0. The summed E-state index contributed by atoms with van der Waals surface area (Å²) in [6, 6.07) is 0.0237. The highest BCUT2D eigenvalue weighted by molar-refractivity contribution is 7.99. The maximum atomic E-state index is 11.4. The standard InChI is InChI=1S/C9H14N2OS/c1-2-3-4-10-9(12)11-5-7-13-8-6-11/h1H,3-8H2,(H,10,12). The first kappa shape index (κ1) is 10.3. The largest absolute Gasteiger partial charge is 0.337 e. The maximum absolute atomic E-state index is 11.4. The summed E-state index contributed by atoms with van der Waals surface area (Å²) in [5, 5.41) is 2.79. The van der Waals surface area contributed by atoms with Crippen molar-refractivity contribution >= 4 is 17.8 Å². The van der Waals surface area contributed by atoms with Crippen molar-refractivity contribution in [2.24, 2.45) is 0 Å². The van der Waals surface area contributed by atoms with Crippen LogP contribution in [0.15, 0.2) is 0 Å². The van der Waals surface area contributed by atoms with Gasteiger partial charge in [0.25, 0.3) is 0 Å². The Morgan fingerprint density at radius 3 is 2.85 bits per heavy atom. The fourth-order valence-electron chi connectivity index (χ4n) is 1.12. The van der Waals surface area contributed by atoms with Crippen LogP contribution in [0.2, 0.25) is 0 Å². The van der Waals surface area contributed by atoms with Gasteiger partial charge in [0.05, 0.1) is 0 Å². The van der Waals surface area contributed by atoms with Crippen LogP contribution in [0, 0.1) is 12.3 Å². The molecule has 3 nitrogen and oxygen atoms in total. The number of terminal acetylenes is 1. The van der Waals surface area contributed by atoms with Crippen molar-refractivity contribution in [3.05, 3.63) is 0 Å². The van der Waals surface area contributed by atoms with Gasteiger partial charge in [-0.05, 0) is 0 Å². The van der Waals surface area contributed by atoms with E-state index in [-0.39, 0.29) is 6.03 Å². The first-order valence-corrected chi connectivity index (χ1v) is 5.54. The molecule has 0 aliphatic carbocycles. The van der Waals surface area contributed by atoms with Gasteiger partial charge in [0.1, 0.15) is 0 Å². The van der Waals surface area contributed by atoms with Crippen LogP contribution in [0.1, 0.15) is 6.42 Å². The van der Waals surface area contributed by atoms with Crippen LogP contribution >= 0.6 is 11.8 Å². The highest BCUT2D eigenvalue weighted by Gasteiger charge is 2.15. The molecular weight excluding hydrogens is 184 g/mol. The summed E-state index contributed by atoms with van der Waals surface area (Å²) in [6.07, 6.45) is 5.68. The molecule has 0 spiro atoms. The number of nitrogens with one attached hydrogen (secondary N) is 1. The van der Waals surface area contributed by atoms with Crippen LogP contribution in [-0.4, -0.2) is 42.1 Å². The van der Waals surface area contributed by atoms with Gasteiger partial charge in [-0.15, -0.1) is 12.3 Å². The molecule has 0 aromatic rings. The van der Waals surface area contributed by atoms with E-state index in [1.165, 1.54) is 0 Å². The summed E-state index contributed by atoms with van der Waals surface area (Å²) in [4.78, 5) is 13.3. The zero-order valence-corrected chi connectivity index (χ0v) is 8.40. The lowest BCUT2D eigenvalue weighted by Gasteiger charge is -2.26. The minimum absolute atomic E-state index is 0.0237. The molecule has 1 fully saturated rings. The molecule has 0 aromatic heterocycles. The van der Waals surface area contributed by atoms with Crippen molar-refractivity contribution in [1.82, 2.24) is 10.2 Å². The van der Waals surface area contributed by atoms with Gasteiger partial charge in [-0.2, -0.15) is 11.8 Å². The van der Waals surface area contributed by atoms with Gasteiger partial charge < -0.3 is 10.2 Å². The van der Waals surface area contributed by atoms with Crippen LogP contribution in [0.5, 0.6) is 0 Å². The van der Waals surface area contributed by atoms with Gasteiger partial charge in [-0.3, -0.25) is 0 Å². The lowest BCUT2D eigenvalue weighted by Crippen LogP contribution is -2.44. The molecule has 1 saturated heterocycles. The minimum Gasteiger partial charge on any atom is -0.337 e. The van der Waals surface area contributed by atoms with E-state index in [1.807, 2.05) is 16.7 Å². The van der Waals surface area contributed by atoms with Gasteiger partial charge in [0.15, 0.2) is 0 Å². The molecule has 0 atom stereocenters. The first-order valence-electron chi connectivity index (χ1n) is 4.38. The summed E-state index contributed by atoms with van der Waals surface area (Å²) >= 11 is 1.89. The highest BCUT2D eigenvalue weighted by atomic mass is 32.2. The lowest BCUT2D eigenvalue weighted by molar-refractivity contribution is 0.203. The Labute approximate surface area is 83.2 Å². The molecule has 72 valence electrons. The molecule has 1 aliphatic heterocycles. The fraction of sp³-hybridized carbons (Fsp3) is 0.667. The quantitative estimate of drug-likeness (QED) is 0.525. The van der Waals surface area contributed by atoms with Crippen LogP contribution < -0.4 is 5.32 Å². The molecule has 0 saturated carbocycles. The van der Waals surface area contributed by atoms with E-state index in [4.69, 9.17) is 6.42 Å². The Bertz CT molecular complexity index is 206. The number of rotatable bonds is 2. The number of nitrogens with zero attached hydrogens (tertiary/aromatic N) is 1. The van der Waals surface area contributed by atoms with Crippen molar-refractivity contribution in [3.63, 3.8) is 0 Å². The second kappa shape index (κ2) is 5.76. The van der Waals surface area contributed by atoms with Crippen molar-refractivity contribution in [1.29, 1.82) is 0 Å². The third kappa shape index (κ3) is 3.60. The highest BCUT2D eigenvalue weighted by Crippen LogP contribution is 2.08. The molecule has 1 heterocycles. The molecule has 1 aliphatic rings. The lowest BCUT2D eigenvalue weighted by atomic mass is 10.4. The summed E-state index contributed by atoms with van der Waals surface area (Å²) in [5.74, 6) is 4.58. The molecule has 0 radical (unpaired) electrons. The maximum Gasteiger partial charge on any atom is 0.317 e. The van der Waals surface area contributed by atoms with Crippen molar-refractivity contribution < 1.29 is 4.79 Å².